The number of fused-ring (bicyclic) bond motifs is 5. The van der Waals surface area contributed by atoms with E-state index in [9.17, 15) is 0 Å². The zero-order valence-corrected chi connectivity index (χ0v) is 17.2. The molecule has 0 unspecified atom stereocenters. The van der Waals surface area contributed by atoms with Crippen LogP contribution in [-0.2, 0) is 0 Å². The molecular weight excluding hydrogens is 378 g/mol. The van der Waals surface area contributed by atoms with Crippen molar-refractivity contribution in [3.05, 3.63) is 115 Å². The molecule has 0 aliphatic rings. The van der Waals surface area contributed by atoms with E-state index in [4.69, 9.17) is 4.42 Å². The second kappa shape index (κ2) is 7.03. The molecule has 0 spiro atoms. The Labute approximate surface area is 181 Å². The van der Waals surface area contributed by atoms with Crippen LogP contribution in [0.5, 0.6) is 0 Å². The molecule has 1 aromatic heterocycles. The molecule has 0 radical (unpaired) electrons. The topological polar surface area (TPSA) is 16.4 Å². The van der Waals surface area contributed by atoms with Crippen LogP contribution in [0, 0.1) is 6.92 Å². The summed E-state index contributed by atoms with van der Waals surface area (Å²) in [5.74, 6) is 0. The molecule has 6 rings (SSSR count). The smallest absolute Gasteiger partial charge is 0.136 e. The monoisotopic (exact) mass is 399 g/mol. The van der Waals surface area contributed by atoms with Gasteiger partial charge in [0.1, 0.15) is 11.2 Å². The molecule has 0 aliphatic heterocycles. The van der Waals surface area contributed by atoms with Crippen molar-refractivity contribution < 1.29 is 4.42 Å². The van der Waals surface area contributed by atoms with Crippen LogP contribution in [-0.4, -0.2) is 0 Å². The van der Waals surface area contributed by atoms with Crippen molar-refractivity contribution in [2.45, 2.75) is 6.92 Å². The fourth-order valence-electron chi connectivity index (χ4n) is 4.47. The number of furan rings is 1. The quantitative estimate of drug-likeness (QED) is 0.296. The Balaban J connectivity index is 1.64. The largest absolute Gasteiger partial charge is 0.456 e. The first-order valence-corrected chi connectivity index (χ1v) is 10.5. The van der Waals surface area contributed by atoms with E-state index in [2.05, 4.69) is 121 Å². The SMILES string of the molecule is Cc1cccc(N(c2ccccc2)c2ccc3oc4ccc5ccccc5c4c3c2)c1. The summed E-state index contributed by atoms with van der Waals surface area (Å²) >= 11 is 0. The fraction of sp³-hybridized carbons (Fsp3) is 0.0345. The highest BCUT2D eigenvalue weighted by Crippen LogP contribution is 2.40. The number of benzene rings is 5. The number of nitrogens with zero attached hydrogens (tertiary/aromatic N) is 1. The van der Waals surface area contributed by atoms with E-state index in [-0.39, 0.29) is 0 Å². The van der Waals surface area contributed by atoms with Gasteiger partial charge in [-0.3, -0.25) is 0 Å². The highest BCUT2D eigenvalue weighted by Gasteiger charge is 2.16. The molecule has 1 heterocycles. The van der Waals surface area contributed by atoms with Gasteiger partial charge in [-0.25, -0.2) is 0 Å². The molecular formula is C29H21NO. The molecule has 148 valence electrons. The molecule has 2 nitrogen and oxygen atoms in total. The highest BCUT2D eigenvalue weighted by molar-refractivity contribution is 6.19. The van der Waals surface area contributed by atoms with Gasteiger partial charge in [0, 0.05) is 27.8 Å². The van der Waals surface area contributed by atoms with Crippen LogP contribution in [0.15, 0.2) is 114 Å². The molecule has 2 heteroatoms. The summed E-state index contributed by atoms with van der Waals surface area (Å²) in [6.45, 7) is 2.13. The second-order valence-electron chi connectivity index (χ2n) is 7.95. The van der Waals surface area contributed by atoms with E-state index in [1.54, 1.807) is 0 Å². The summed E-state index contributed by atoms with van der Waals surface area (Å²) in [5.41, 5.74) is 6.45. The zero-order valence-electron chi connectivity index (χ0n) is 17.2. The molecule has 0 amide bonds. The van der Waals surface area contributed by atoms with E-state index in [0.29, 0.717) is 0 Å². The fourth-order valence-corrected chi connectivity index (χ4v) is 4.47. The van der Waals surface area contributed by atoms with Crippen LogP contribution in [0.4, 0.5) is 17.1 Å². The number of anilines is 3. The van der Waals surface area contributed by atoms with Gasteiger partial charge in [-0.2, -0.15) is 0 Å². The highest BCUT2D eigenvalue weighted by atomic mass is 16.3. The van der Waals surface area contributed by atoms with Crippen molar-refractivity contribution in [1.82, 2.24) is 0 Å². The lowest BCUT2D eigenvalue weighted by atomic mass is 10.0. The maximum absolute atomic E-state index is 6.21. The maximum atomic E-state index is 6.21. The average Bonchev–Trinajstić information content (AvgIpc) is 3.19. The van der Waals surface area contributed by atoms with Crippen molar-refractivity contribution in [2.24, 2.45) is 0 Å². The lowest BCUT2D eigenvalue weighted by Gasteiger charge is -2.25. The number of hydrogen-bond donors (Lipinski definition) is 0. The van der Waals surface area contributed by atoms with Crippen molar-refractivity contribution in [3.63, 3.8) is 0 Å². The number of hydrogen-bond acceptors (Lipinski definition) is 2. The van der Waals surface area contributed by atoms with Gasteiger partial charge < -0.3 is 9.32 Å². The van der Waals surface area contributed by atoms with Crippen LogP contribution in [0.2, 0.25) is 0 Å². The molecule has 0 bridgehead atoms. The van der Waals surface area contributed by atoms with Crippen molar-refractivity contribution in [2.75, 3.05) is 4.90 Å². The first-order chi connectivity index (χ1) is 15.3. The normalized spacial score (nSPS) is 11.4. The van der Waals surface area contributed by atoms with Crippen LogP contribution < -0.4 is 4.90 Å². The minimum atomic E-state index is 0.910. The van der Waals surface area contributed by atoms with Crippen LogP contribution in [0.1, 0.15) is 5.56 Å². The van der Waals surface area contributed by atoms with E-state index in [0.717, 1.165) is 33.6 Å². The van der Waals surface area contributed by atoms with E-state index in [1.807, 2.05) is 0 Å². The van der Waals surface area contributed by atoms with Gasteiger partial charge >= 0.3 is 0 Å². The second-order valence-corrected chi connectivity index (χ2v) is 7.95. The number of rotatable bonds is 3. The van der Waals surface area contributed by atoms with Gasteiger partial charge in [-0.1, -0.05) is 60.7 Å². The first kappa shape index (κ1) is 17.8. The summed E-state index contributed by atoms with van der Waals surface area (Å²) in [6.07, 6.45) is 0. The Morgan fingerprint density at radius 2 is 1.29 bits per heavy atom. The summed E-state index contributed by atoms with van der Waals surface area (Å²) in [6, 6.07) is 38.3. The van der Waals surface area contributed by atoms with Gasteiger partial charge in [0.25, 0.3) is 0 Å². The molecule has 0 saturated heterocycles. The van der Waals surface area contributed by atoms with Crippen molar-refractivity contribution in [1.29, 1.82) is 0 Å². The zero-order chi connectivity index (χ0) is 20.8. The molecule has 0 N–H and O–H groups in total. The molecule has 5 aromatic carbocycles. The van der Waals surface area contributed by atoms with Crippen LogP contribution in [0.3, 0.4) is 0 Å². The van der Waals surface area contributed by atoms with E-state index in [1.165, 1.54) is 21.7 Å². The van der Waals surface area contributed by atoms with Crippen LogP contribution in [0.25, 0.3) is 32.7 Å². The van der Waals surface area contributed by atoms with Crippen molar-refractivity contribution in [3.8, 4) is 0 Å². The summed E-state index contributed by atoms with van der Waals surface area (Å²) < 4.78 is 6.21. The standard InChI is InChI=1S/C29H21NO/c1-20-8-7-12-23(18-20)30(22-10-3-2-4-11-22)24-15-17-27-26(19-24)29-25-13-6-5-9-21(25)14-16-28(29)31-27/h2-19H,1H3. The summed E-state index contributed by atoms with van der Waals surface area (Å²) in [7, 11) is 0. The van der Waals surface area contributed by atoms with Gasteiger partial charge in [-0.05, 0) is 71.8 Å². The Morgan fingerprint density at radius 3 is 2.16 bits per heavy atom. The summed E-state index contributed by atoms with van der Waals surface area (Å²) in [4.78, 5) is 2.30. The third kappa shape index (κ3) is 2.96. The van der Waals surface area contributed by atoms with Gasteiger partial charge in [-0.15, -0.1) is 0 Å². The Bertz CT molecular complexity index is 1550. The molecule has 6 aromatic rings. The number of aryl methyl sites for hydroxylation is 1. The third-order valence-corrected chi connectivity index (χ3v) is 5.88. The Morgan fingerprint density at radius 1 is 0.548 bits per heavy atom. The lowest BCUT2D eigenvalue weighted by molar-refractivity contribution is 0.669. The third-order valence-electron chi connectivity index (χ3n) is 5.88. The Hall–Kier alpha value is -4.04. The van der Waals surface area contributed by atoms with Crippen molar-refractivity contribution >= 4 is 49.8 Å². The average molecular weight is 399 g/mol. The Kier molecular flexibility index (Phi) is 4.03. The summed E-state index contributed by atoms with van der Waals surface area (Å²) in [5, 5.41) is 4.75. The first-order valence-electron chi connectivity index (χ1n) is 10.5. The predicted octanol–water partition coefficient (Wildman–Crippen LogP) is 8.52. The minimum absolute atomic E-state index is 0.910. The predicted molar refractivity (Wildman–Crippen MR) is 131 cm³/mol. The molecule has 0 fully saturated rings. The molecule has 0 saturated carbocycles. The van der Waals surface area contributed by atoms with Gasteiger partial charge in [0.15, 0.2) is 0 Å². The maximum Gasteiger partial charge on any atom is 0.136 e. The lowest BCUT2D eigenvalue weighted by Crippen LogP contribution is -2.09. The van der Waals surface area contributed by atoms with Gasteiger partial charge in [0.05, 0.1) is 0 Å². The van der Waals surface area contributed by atoms with E-state index < -0.39 is 0 Å². The minimum Gasteiger partial charge on any atom is -0.456 e. The molecule has 0 aliphatic carbocycles. The molecule has 31 heavy (non-hydrogen) atoms. The number of para-hydroxylation sites is 1. The van der Waals surface area contributed by atoms with Crippen LogP contribution >= 0.6 is 0 Å². The molecule has 0 atom stereocenters. The van der Waals surface area contributed by atoms with Gasteiger partial charge in [0.2, 0.25) is 0 Å². The van der Waals surface area contributed by atoms with E-state index >= 15 is 0 Å².